The van der Waals surface area contributed by atoms with Gasteiger partial charge in [-0.1, -0.05) is 12.1 Å². The highest BCUT2D eigenvalue weighted by Crippen LogP contribution is 2.16. The minimum atomic E-state index is 0.717. The Labute approximate surface area is 83.5 Å². The topological polar surface area (TPSA) is 43.8 Å². The summed E-state index contributed by atoms with van der Waals surface area (Å²) in [6.45, 7) is 3.73. The van der Waals surface area contributed by atoms with Crippen LogP contribution in [0, 0.1) is 6.92 Å². The van der Waals surface area contributed by atoms with Crippen LogP contribution in [0.1, 0.15) is 12.0 Å². The first-order valence-electron chi connectivity index (χ1n) is 4.94. The number of benzene rings is 1. The molecule has 0 fully saturated rings. The summed E-state index contributed by atoms with van der Waals surface area (Å²) in [6.07, 6.45) is 3.08. The third-order valence-corrected chi connectivity index (χ3v) is 2.41. The molecule has 14 heavy (non-hydrogen) atoms. The van der Waals surface area contributed by atoms with Gasteiger partial charge in [0, 0.05) is 18.1 Å². The van der Waals surface area contributed by atoms with Gasteiger partial charge in [0.05, 0.1) is 5.52 Å². The van der Waals surface area contributed by atoms with Gasteiger partial charge in [-0.2, -0.15) is 5.10 Å². The van der Waals surface area contributed by atoms with Crippen LogP contribution in [0.15, 0.2) is 24.4 Å². The van der Waals surface area contributed by atoms with Gasteiger partial charge >= 0.3 is 0 Å². The molecule has 0 saturated heterocycles. The summed E-state index contributed by atoms with van der Waals surface area (Å²) in [5.41, 5.74) is 7.81. The van der Waals surface area contributed by atoms with Gasteiger partial charge in [0.15, 0.2) is 0 Å². The second-order valence-corrected chi connectivity index (χ2v) is 3.54. The van der Waals surface area contributed by atoms with Gasteiger partial charge in [0.1, 0.15) is 0 Å². The minimum Gasteiger partial charge on any atom is -0.330 e. The van der Waals surface area contributed by atoms with Crippen LogP contribution in [0.5, 0.6) is 0 Å². The molecule has 0 radical (unpaired) electrons. The molecule has 1 heterocycles. The van der Waals surface area contributed by atoms with Crippen LogP contribution in [-0.4, -0.2) is 16.3 Å². The molecule has 2 rings (SSSR count). The third kappa shape index (κ3) is 1.63. The number of aromatic nitrogens is 2. The maximum Gasteiger partial charge on any atom is 0.0925 e. The number of rotatable bonds is 3. The van der Waals surface area contributed by atoms with Crippen molar-refractivity contribution in [2.24, 2.45) is 5.73 Å². The summed E-state index contributed by atoms with van der Waals surface area (Å²) in [7, 11) is 0. The molecular weight excluding hydrogens is 174 g/mol. The maximum atomic E-state index is 5.46. The lowest BCUT2D eigenvalue weighted by molar-refractivity contribution is 0.590. The largest absolute Gasteiger partial charge is 0.330 e. The van der Waals surface area contributed by atoms with Crippen molar-refractivity contribution in [2.75, 3.05) is 6.54 Å². The van der Waals surface area contributed by atoms with Crippen LogP contribution in [0.3, 0.4) is 0 Å². The van der Waals surface area contributed by atoms with E-state index in [1.807, 2.05) is 16.8 Å². The third-order valence-electron chi connectivity index (χ3n) is 2.41. The highest BCUT2D eigenvalue weighted by molar-refractivity contribution is 5.81. The normalized spacial score (nSPS) is 11.0. The predicted octanol–water partition coefficient (Wildman–Crippen LogP) is 1.69. The Morgan fingerprint density at radius 1 is 1.43 bits per heavy atom. The van der Waals surface area contributed by atoms with E-state index in [1.54, 1.807) is 0 Å². The molecule has 0 saturated carbocycles. The number of nitrogens with two attached hydrogens (primary N) is 1. The molecule has 0 unspecified atom stereocenters. The van der Waals surface area contributed by atoms with E-state index in [9.17, 15) is 0 Å². The Balaban J connectivity index is 2.36. The highest BCUT2D eigenvalue weighted by atomic mass is 15.3. The molecule has 3 nitrogen and oxygen atoms in total. The standard InChI is InChI=1S/C11H15N3/c1-9-4-2-5-11-10(9)8-14(13-11)7-3-6-12/h2,4-5,8H,3,6-7,12H2,1H3. The van der Waals surface area contributed by atoms with Crippen LogP contribution >= 0.6 is 0 Å². The number of fused-ring (bicyclic) bond motifs is 1. The molecule has 0 amide bonds. The summed E-state index contributed by atoms with van der Waals surface area (Å²) < 4.78 is 1.98. The molecule has 0 aliphatic heterocycles. The van der Waals surface area contributed by atoms with Gasteiger partial charge in [-0.25, -0.2) is 0 Å². The number of aryl methyl sites for hydroxylation is 2. The second-order valence-electron chi connectivity index (χ2n) is 3.54. The van der Waals surface area contributed by atoms with Crippen molar-refractivity contribution >= 4 is 10.9 Å². The lowest BCUT2D eigenvalue weighted by Gasteiger charge is -1.96. The van der Waals surface area contributed by atoms with Crippen LogP contribution < -0.4 is 5.73 Å². The Morgan fingerprint density at radius 3 is 3.00 bits per heavy atom. The second kappa shape index (κ2) is 3.80. The molecule has 2 N–H and O–H groups in total. The fraction of sp³-hybridized carbons (Fsp3) is 0.364. The smallest absolute Gasteiger partial charge is 0.0925 e. The van der Waals surface area contributed by atoms with Crippen molar-refractivity contribution < 1.29 is 0 Å². The first-order valence-corrected chi connectivity index (χ1v) is 4.94. The molecule has 0 aliphatic rings. The predicted molar refractivity (Wildman–Crippen MR) is 58.1 cm³/mol. The fourth-order valence-corrected chi connectivity index (χ4v) is 1.60. The number of nitrogens with zero attached hydrogens (tertiary/aromatic N) is 2. The van der Waals surface area contributed by atoms with E-state index in [0.29, 0.717) is 0 Å². The quantitative estimate of drug-likeness (QED) is 0.798. The molecule has 1 aromatic heterocycles. The maximum absolute atomic E-state index is 5.46. The zero-order valence-corrected chi connectivity index (χ0v) is 8.40. The lowest BCUT2D eigenvalue weighted by atomic mass is 10.1. The Kier molecular flexibility index (Phi) is 2.50. The van der Waals surface area contributed by atoms with E-state index in [4.69, 9.17) is 5.73 Å². The molecule has 3 heteroatoms. The summed E-state index contributed by atoms with van der Waals surface area (Å²) in [4.78, 5) is 0. The van der Waals surface area contributed by atoms with Crippen molar-refractivity contribution in [3.8, 4) is 0 Å². The molecule has 1 aromatic carbocycles. The van der Waals surface area contributed by atoms with Crippen LogP contribution in [0.2, 0.25) is 0 Å². The van der Waals surface area contributed by atoms with Gasteiger partial charge < -0.3 is 5.73 Å². The van der Waals surface area contributed by atoms with Crippen LogP contribution in [-0.2, 0) is 6.54 Å². The van der Waals surface area contributed by atoms with Crippen molar-refractivity contribution in [1.29, 1.82) is 0 Å². The van der Waals surface area contributed by atoms with E-state index in [2.05, 4.69) is 24.3 Å². The van der Waals surface area contributed by atoms with Crippen molar-refractivity contribution in [3.05, 3.63) is 30.0 Å². The molecule has 0 bridgehead atoms. The van der Waals surface area contributed by atoms with E-state index in [1.165, 1.54) is 10.9 Å². The first kappa shape index (κ1) is 9.21. The van der Waals surface area contributed by atoms with Crippen molar-refractivity contribution in [2.45, 2.75) is 19.9 Å². The zero-order chi connectivity index (χ0) is 9.97. The van der Waals surface area contributed by atoms with Crippen LogP contribution in [0.4, 0.5) is 0 Å². The molecule has 2 aromatic rings. The van der Waals surface area contributed by atoms with Gasteiger partial charge in [-0.05, 0) is 31.5 Å². The van der Waals surface area contributed by atoms with Crippen molar-refractivity contribution in [1.82, 2.24) is 9.78 Å². The van der Waals surface area contributed by atoms with Gasteiger partial charge in [0.25, 0.3) is 0 Å². The van der Waals surface area contributed by atoms with E-state index < -0.39 is 0 Å². The monoisotopic (exact) mass is 189 g/mol. The van der Waals surface area contributed by atoms with E-state index in [0.717, 1.165) is 25.0 Å². The molecule has 0 atom stereocenters. The first-order chi connectivity index (χ1) is 6.81. The van der Waals surface area contributed by atoms with Gasteiger partial charge in [-0.15, -0.1) is 0 Å². The lowest BCUT2D eigenvalue weighted by Crippen LogP contribution is -2.05. The minimum absolute atomic E-state index is 0.717. The molecule has 0 spiro atoms. The van der Waals surface area contributed by atoms with Gasteiger partial charge in [-0.3, -0.25) is 4.68 Å². The Morgan fingerprint density at radius 2 is 2.29 bits per heavy atom. The molecular formula is C11H15N3. The summed E-state index contributed by atoms with van der Waals surface area (Å²) in [5.74, 6) is 0. The zero-order valence-electron chi connectivity index (χ0n) is 8.40. The SMILES string of the molecule is Cc1cccc2nn(CCCN)cc12. The molecule has 0 aliphatic carbocycles. The summed E-state index contributed by atoms with van der Waals surface area (Å²) in [5, 5.41) is 5.71. The van der Waals surface area contributed by atoms with Crippen molar-refractivity contribution in [3.63, 3.8) is 0 Å². The number of hydrogen-bond acceptors (Lipinski definition) is 2. The Bertz CT molecular complexity index is 431. The fourth-order valence-electron chi connectivity index (χ4n) is 1.60. The van der Waals surface area contributed by atoms with E-state index >= 15 is 0 Å². The average molecular weight is 189 g/mol. The highest BCUT2D eigenvalue weighted by Gasteiger charge is 2.01. The van der Waals surface area contributed by atoms with Crippen LogP contribution in [0.25, 0.3) is 10.9 Å². The van der Waals surface area contributed by atoms with E-state index in [-0.39, 0.29) is 0 Å². The summed E-state index contributed by atoms with van der Waals surface area (Å²) in [6, 6.07) is 6.19. The number of hydrogen-bond donors (Lipinski definition) is 1. The molecule has 74 valence electrons. The van der Waals surface area contributed by atoms with Gasteiger partial charge in [0.2, 0.25) is 0 Å². The average Bonchev–Trinajstić information content (AvgIpc) is 2.59. The summed E-state index contributed by atoms with van der Waals surface area (Å²) >= 11 is 0. The Hall–Kier alpha value is -1.35.